The average Bonchev–Trinajstić information content (AvgIpc) is 2.20. The Morgan fingerprint density at radius 1 is 1.53 bits per heavy atom. The van der Waals surface area contributed by atoms with E-state index in [9.17, 15) is 9.90 Å². The Morgan fingerprint density at radius 2 is 2.27 bits per heavy atom. The zero-order chi connectivity index (χ0) is 11.3. The van der Waals surface area contributed by atoms with E-state index in [1.807, 2.05) is 0 Å². The van der Waals surface area contributed by atoms with Gasteiger partial charge in [-0.15, -0.1) is 0 Å². The number of nitrogens with one attached hydrogen (secondary N) is 1. The molecule has 0 atom stereocenters. The highest BCUT2D eigenvalue weighted by Crippen LogP contribution is 2.20. The maximum Gasteiger partial charge on any atom is 0.224 e. The molecule has 0 spiro atoms. The van der Waals surface area contributed by atoms with E-state index in [4.69, 9.17) is 5.73 Å². The van der Waals surface area contributed by atoms with Gasteiger partial charge in [-0.25, -0.2) is 0 Å². The van der Waals surface area contributed by atoms with Gasteiger partial charge in [-0.05, 0) is 31.5 Å². The number of carbonyl (C=O) groups is 1. The van der Waals surface area contributed by atoms with E-state index in [-0.39, 0.29) is 11.7 Å². The molecule has 1 aromatic carbocycles. The summed E-state index contributed by atoms with van der Waals surface area (Å²) in [5, 5.41) is 12.1. The molecule has 82 valence electrons. The first kappa shape index (κ1) is 11.5. The highest BCUT2D eigenvalue weighted by atomic mass is 16.3. The van der Waals surface area contributed by atoms with Crippen molar-refractivity contribution in [3.8, 4) is 5.75 Å². The van der Waals surface area contributed by atoms with Crippen LogP contribution < -0.4 is 11.1 Å². The van der Waals surface area contributed by atoms with Gasteiger partial charge >= 0.3 is 0 Å². The lowest BCUT2D eigenvalue weighted by molar-refractivity contribution is -0.116. The summed E-state index contributed by atoms with van der Waals surface area (Å²) in [4.78, 5) is 11.3. The molecule has 0 saturated heterocycles. The molecule has 4 N–H and O–H groups in total. The van der Waals surface area contributed by atoms with Crippen molar-refractivity contribution in [3.63, 3.8) is 0 Å². The zero-order valence-electron chi connectivity index (χ0n) is 8.79. The fraction of sp³-hybridized carbons (Fsp3) is 0.364. The highest BCUT2D eigenvalue weighted by Gasteiger charge is 2.03. The second-order valence-corrected chi connectivity index (χ2v) is 3.44. The highest BCUT2D eigenvalue weighted by molar-refractivity contribution is 5.90. The van der Waals surface area contributed by atoms with Gasteiger partial charge in [0.05, 0.1) is 0 Å². The van der Waals surface area contributed by atoms with Crippen molar-refractivity contribution < 1.29 is 9.90 Å². The fourth-order valence-corrected chi connectivity index (χ4v) is 1.17. The number of hydrogen-bond acceptors (Lipinski definition) is 3. The number of phenolic OH excluding ortho intramolecular Hbond substituents is 1. The van der Waals surface area contributed by atoms with Crippen molar-refractivity contribution in [1.82, 2.24) is 0 Å². The number of hydrogen-bond donors (Lipinski definition) is 3. The predicted molar refractivity (Wildman–Crippen MR) is 59.8 cm³/mol. The van der Waals surface area contributed by atoms with Crippen LogP contribution in [0.5, 0.6) is 5.75 Å². The van der Waals surface area contributed by atoms with Gasteiger partial charge < -0.3 is 16.2 Å². The van der Waals surface area contributed by atoms with Gasteiger partial charge in [-0.1, -0.05) is 6.07 Å². The molecule has 1 aromatic rings. The Hall–Kier alpha value is -1.55. The normalized spacial score (nSPS) is 10.0. The third kappa shape index (κ3) is 3.59. The largest absolute Gasteiger partial charge is 0.508 e. The SMILES string of the molecule is Cc1ccc(NC(=O)CCCN)cc1O. The fourth-order valence-electron chi connectivity index (χ4n) is 1.17. The third-order valence-corrected chi connectivity index (χ3v) is 2.10. The summed E-state index contributed by atoms with van der Waals surface area (Å²) < 4.78 is 0. The number of rotatable bonds is 4. The molecular formula is C11H16N2O2. The minimum Gasteiger partial charge on any atom is -0.508 e. The summed E-state index contributed by atoms with van der Waals surface area (Å²) in [6.07, 6.45) is 1.08. The number of benzene rings is 1. The lowest BCUT2D eigenvalue weighted by Gasteiger charge is -2.06. The molecule has 0 aliphatic rings. The maximum absolute atomic E-state index is 11.3. The Bertz CT molecular complexity index is 350. The van der Waals surface area contributed by atoms with E-state index >= 15 is 0 Å². The number of amides is 1. The monoisotopic (exact) mass is 208 g/mol. The first-order valence-corrected chi connectivity index (χ1v) is 4.93. The summed E-state index contributed by atoms with van der Waals surface area (Å²) in [7, 11) is 0. The van der Waals surface area contributed by atoms with Crippen LogP contribution >= 0.6 is 0 Å². The average molecular weight is 208 g/mol. The van der Waals surface area contributed by atoms with Crippen LogP contribution in [0, 0.1) is 6.92 Å². The van der Waals surface area contributed by atoms with Crippen molar-refractivity contribution in [3.05, 3.63) is 23.8 Å². The number of carbonyl (C=O) groups excluding carboxylic acids is 1. The minimum absolute atomic E-state index is 0.0799. The smallest absolute Gasteiger partial charge is 0.224 e. The first-order chi connectivity index (χ1) is 7.13. The van der Waals surface area contributed by atoms with Gasteiger partial charge in [0.1, 0.15) is 5.75 Å². The van der Waals surface area contributed by atoms with Crippen LogP contribution in [-0.2, 0) is 4.79 Å². The summed E-state index contributed by atoms with van der Waals surface area (Å²) in [6.45, 7) is 2.31. The molecule has 0 aliphatic carbocycles. The Balaban J connectivity index is 2.57. The second kappa shape index (κ2) is 5.36. The third-order valence-electron chi connectivity index (χ3n) is 2.10. The van der Waals surface area contributed by atoms with Crippen LogP contribution in [-0.4, -0.2) is 17.6 Å². The predicted octanol–water partition coefficient (Wildman–Crippen LogP) is 1.38. The zero-order valence-corrected chi connectivity index (χ0v) is 8.79. The molecule has 4 nitrogen and oxygen atoms in total. The standard InChI is InChI=1S/C11H16N2O2/c1-8-4-5-9(7-10(8)14)13-11(15)3-2-6-12/h4-5,7,14H,2-3,6,12H2,1H3,(H,13,15). The van der Waals surface area contributed by atoms with Gasteiger partial charge in [-0.2, -0.15) is 0 Å². The van der Waals surface area contributed by atoms with Crippen LogP contribution in [0.25, 0.3) is 0 Å². The van der Waals surface area contributed by atoms with E-state index in [1.165, 1.54) is 6.07 Å². The van der Waals surface area contributed by atoms with Crippen LogP contribution in [0.2, 0.25) is 0 Å². The summed E-state index contributed by atoms with van der Waals surface area (Å²) in [5.74, 6) is 0.107. The lowest BCUT2D eigenvalue weighted by Crippen LogP contribution is -2.13. The number of aryl methyl sites for hydroxylation is 1. The van der Waals surface area contributed by atoms with E-state index in [0.717, 1.165) is 5.56 Å². The molecule has 0 aliphatic heterocycles. The number of anilines is 1. The Kier molecular flexibility index (Phi) is 4.12. The van der Waals surface area contributed by atoms with E-state index < -0.39 is 0 Å². The van der Waals surface area contributed by atoms with Crippen LogP contribution in [0.3, 0.4) is 0 Å². The van der Waals surface area contributed by atoms with Gasteiger partial charge in [0, 0.05) is 18.2 Å². The number of phenols is 1. The maximum atomic E-state index is 11.3. The summed E-state index contributed by atoms with van der Waals surface area (Å²) >= 11 is 0. The van der Waals surface area contributed by atoms with Gasteiger partial charge in [0.25, 0.3) is 0 Å². The number of aromatic hydroxyl groups is 1. The van der Waals surface area contributed by atoms with Crippen molar-refractivity contribution in [1.29, 1.82) is 0 Å². The van der Waals surface area contributed by atoms with Crippen molar-refractivity contribution >= 4 is 11.6 Å². The van der Waals surface area contributed by atoms with E-state index in [1.54, 1.807) is 19.1 Å². The lowest BCUT2D eigenvalue weighted by atomic mass is 10.2. The van der Waals surface area contributed by atoms with Gasteiger partial charge in [0.2, 0.25) is 5.91 Å². The Labute approximate surface area is 89.1 Å². The molecule has 0 bridgehead atoms. The first-order valence-electron chi connectivity index (χ1n) is 4.93. The summed E-state index contributed by atoms with van der Waals surface area (Å²) in [5.41, 5.74) is 6.69. The number of nitrogens with two attached hydrogens (primary N) is 1. The van der Waals surface area contributed by atoms with Crippen molar-refractivity contribution in [2.45, 2.75) is 19.8 Å². The van der Waals surface area contributed by atoms with Gasteiger partial charge in [0.15, 0.2) is 0 Å². The minimum atomic E-state index is -0.0799. The molecule has 0 unspecified atom stereocenters. The topological polar surface area (TPSA) is 75.4 Å². The van der Waals surface area contributed by atoms with E-state index in [2.05, 4.69) is 5.32 Å². The van der Waals surface area contributed by atoms with Crippen molar-refractivity contribution in [2.75, 3.05) is 11.9 Å². The van der Waals surface area contributed by atoms with Gasteiger partial charge in [-0.3, -0.25) is 4.79 Å². The summed E-state index contributed by atoms with van der Waals surface area (Å²) in [6, 6.07) is 5.05. The molecule has 0 radical (unpaired) electrons. The molecule has 15 heavy (non-hydrogen) atoms. The van der Waals surface area contributed by atoms with Crippen LogP contribution in [0.4, 0.5) is 5.69 Å². The molecular weight excluding hydrogens is 192 g/mol. The second-order valence-electron chi connectivity index (χ2n) is 3.44. The molecule has 0 saturated carbocycles. The van der Waals surface area contributed by atoms with E-state index in [0.29, 0.717) is 25.1 Å². The molecule has 1 rings (SSSR count). The molecule has 0 aromatic heterocycles. The quantitative estimate of drug-likeness (QED) is 0.699. The molecule has 4 heteroatoms. The molecule has 1 amide bonds. The van der Waals surface area contributed by atoms with Crippen LogP contribution in [0.15, 0.2) is 18.2 Å². The van der Waals surface area contributed by atoms with Crippen molar-refractivity contribution in [2.24, 2.45) is 5.73 Å². The van der Waals surface area contributed by atoms with Crippen LogP contribution in [0.1, 0.15) is 18.4 Å². The Morgan fingerprint density at radius 3 is 2.87 bits per heavy atom. The molecule has 0 fully saturated rings. The molecule has 0 heterocycles.